The average Bonchev–Trinajstić information content (AvgIpc) is 2.80. The molecule has 0 bridgehead atoms. The number of thioether (sulfide) groups is 1. The number of amidine groups is 1. The summed E-state index contributed by atoms with van der Waals surface area (Å²) < 4.78 is 5.12. The maximum Gasteiger partial charge on any atom is 0.238 e. The Hall–Kier alpha value is -3.13. The van der Waals surface area contributed by atoms with Gasteiger partial charge in [-0.3, -0.25) is 9.59 Å². The minimum Gasteiger partial charge on any atom is -0.497 e. The third-order valence-electron chi connectivity index (χ3n) is 4.66. The lowest BCUT2D eigenvalue weighted by atomic mass is 10.1. The number of ether oxygens (including phenoxy) is 1. The van der Waals surface area contributed by atoms with Gasteiger partial charge < -0.3 is 15.4 Å². The van der Waals surface area contributed by atoms with Crippen molar-refractivity contribution >= 4 is 40.1 Å². The van der Waals surface area contributed by atoms with Crippen molar-refractivity contribution < 1.29 is 14.3 Å². The average molecular weight is 439 g/mol. The number of anilines is 1. The van der Waals surface area contributed by atoms with Gasteiger partial charge in [0.2, 0.25) is 11.8 Å². The van der Waals surface area contributed by atoms with Gasteiger partial charge in [-0.1, -0.05) is 55.4 Å². The van der Waals surface area contributed by atoms with Gasteiger partial charge in [-0.2, -0.15) is 5.10 Å². The van der Waals surface area contributed by atoms with E-state index in [1.165, 1.54) is 11.8 Å². The molecule has 0 saturated carbocycles. The second-order valence-corrected chi connectivity index (χ2v) is 8.19. The third kappa shape index (κ3) is 6.68. The molecule has 1 aliphatic rings. The number of carbonyl (C=O) groups is 2. The normalized spacial score (nSPS) is 17.9. The molecule has 0 unspecified atom stereocenters. The first-order valence-electron chi connectivity index (χ1n) is 10.2. The molecule has 2 aromatic carbocycles. The van der Waals surface area contributed by atoms with Gasteiger partial charge in [0, 0.05) is 12.1 Å². The molecule has 1 saturated heterocycles. The summed E-state index contributed by atoms with van der Waals surface area (Å²) in [5, 5.41) is 14.0. The van der Waals surface area contributed by atoms with Crippen molar-refractivity contribution in [2.24, 2.45) is 10.2 Å². The van der Waals surface area contributed by atoms with E-state index in [-0.39, 0.29) is 18.2 Å². The lowest BCUT2D eigenvalue weighted by Gasteiger charge is -2.21. The second-order valence-electron chi connectivity index (χ2n) is 7.00. The molecule has 2 amide bonds. The van der Waals surface area contributed by atoms with Gasteiger partial charge in [0.1, 0.15) is 11.0 Å². The van der Waals surface area contributed by atoms with Crippen molar-refractivity contribution in [3.8, 4) is 5.75 Å². The fraction of sp³-hybridized carbons (Fsp3) is 0.304. The first kappa shape index (κ1) is 22.6. The van der Waals surface area contributed by atoms with Gasteiger partial charge in [-0.05, 0) is 42.7 Å². The molecule has 0 spiro atoms. The van der Waals surface area contributed by atoms with E-state index in [4.69, 9.17) is 4.74 Å². The number of nitrogens with zero attached hydrogens (tertiary/aromatic N) is 2. The Morgan fingerprint density at radius 1 is 1.19 bits per heavy atom. The molecule has 1 fully saturated rings. The van der Waals surface area contributed by atoms with Crippen LogP contribution < -0.4 is 15.4 Å². The molecule has 3 rings (SSSR count). The Labute approximate surface area is 186 Å². The van der Waals surface area contributed by atoms with Crippen LogP contribution in [0.1, 0.15) is 38.2 Å². The van der Waals surface area contributed by atoms with E-state index in [0.29, 0.717) is 16.6 Å². The summed E-state index contributed by atoms with van der Waals surface area (Å²) in [6.45, 7) is 2.12. The Bertz CT molecular complexity index is 959. The predicted octanol–water partition coefficient (Wildman–Crippen LogP) is 4.21. The number of rotatable bonds is 8. The zero-order chi connectivity index (χ0) is 22.1. The highest BCUT2D eigenvalue weighted by Gasteiger charge is 2.30. The summed E-state index contributed by atoms with van der Waals surface area (Å²) in [4.78, 5) is 24.8. The molecule has 1 aliphatic heterocycles. The van der Waals surface area contributed by atoms with Crippen LogP contribution in [0.3, 0.4) is 0 Å². The smallest absolute Gasteiger partial charge is 0.238 e. The van der Waals surface area contributed by atoms with Gasteiger partial charge in [0.05, 0.1) is 12.8 Å². The fourth-order valence-corrected chi connectivity index (χ4v) is 3.90. The summed E-state index contributed by atoms with van der Waals surface area (Å²) >= 11 is 1.21. The van der Waals surface area contributed by atoms with Crippen LogP contribution in [0, 0.1) is 0 Å². The van der Waals surface area contributed by atoms with Crippen LogP contribution in [0.2, 0.25) is 0 Å². The number of hydrogen-bond acceptors (Lipinski definition) is 6. The van der Waals surface area contributed by atoms with Crippen LogP contribution in [0.15, 0.2) is 64.8 Å². The lowest BCUT2D eigenvalue weighted by molar-refractivity contribution is -0.123. The number of amides is 2. The van der Waals surface area contributed by atoms with E-state index in [9.17, 15) is 9.59 Å². The molecule has 0 radical (unpaired) electrons. The quantitative estimate of drug-likeness (QED) is 0.477. The molecular formula is C23H26N4O3S. The molecular weight excluding hydrogens is 412 g/mol. The maximum absolute atomic E-state index is 12.7. The lowest BCUT2D eigenvalue weighted by Crippen LogP contribution is -2.41. The second kappa shape index (κ2) is 11.3. The monoisotopic (exact) mass is 438 g/mol. The van der Waals surface area contributed by atoms with E-state index in [1.807, 2.05) is 30.3 Å². The van der Waals surface area contributed by atoms with Crippen LogP contribution in [-0.4, -0.2) is 35.1 Å². The number of carbonyl (C=O) groups excluding carboxylic acids is 2. The van der Waals surface area contributed by atoms with E-state index in [0.717, 1.165) is 30.5 Å². The molecule has 1 heterocycles. The first-order valence-corrected chi connectivity index (χ1v) is 11.1. The summed E-state index contributed by atoms with van der Waals surface area (Å²) in [6.07, 6.45) is 2.90. The molecule has 7 nitrogen and oxygen atoms in total. The highest BCUT2D eigenvalue weighted by atomic mass is 32.2. The molecule has 8 heteroatoms. The van der Waals surface area contributed by atoms with Crippen LogP contribution in [0.4, 0.5) is 5.69 Å². The number of methoxy groups -OCH3 is 1. The van der Waals surface area contributed by atoms with Crippen LogP contribution >= 0.6 is 11.8 Å². The highest BCUT2D eigenvalue weighted by molar-refractivity contribution is 8.15. The van der Waals surface area contributed by atoms with Crippen LogP contribution in [-0.2, 0) is 9.59 Å². The Kier molecular flexibility index (Phi) is 8.23. The third-order valence-corrected chi connectivity index (χ3v) is 5.73. The van der Waals surface area contributed by atoms with Crippen LogP contribution in [0.5, 0.6) is 5.75 Å². The first-order chi connectivity index (χ1) is 15.1. The fourth-order valence-electron chi connectivity index (χ4n) is 2.97. The Morgan fingerprint density at radius 3 is 2.61 bits per heavy atom. The zero-order valence-corrected chi connectivity index (χ0v) is 18.4. The molecule has 2 aromatic rings. The van der Waals surface area contributed by atoms with Gasteiger partial charge >= 0.3 is 0 Å². The molecule has 2 N–H and O–H groups in total. The molecule has 1 atom stereocenters. The maximum atomic E-state index is 12.7. The van der Waals surface area contributed by atoms with Gasteiger partial charge in [0.15, 0.2) is 5.17 Å². The van der Waals surface area contributed by atoms with Crippen LogP contribution in [0.25, 0.3) is 0 Å². The standard InChI is InChI=1S/C23H26N4O3S/c1-3-4-10-19(16-8-6-5-7-9-16)26-27-23-25-21(28)15-20(31-23)22(29)24-17-11-13-18(30-2)14-12-17/h5-9,11-14,20H,3-4,10,15H2,1-2H3,(H,24,29)(H,25,27,28)/b26-19+/t20-/m1/s1. The van der Waals surface area contributed by atoms with Crippen molar-refractivity contribution in [2.75, 3.05) is 12.4 Å². The summed E-state index contributed by atoms with van der Waals surface area (Å²) in [5.74, 6) is 0.197. The number of unbranched alkanes of at least 4 members (excludes halogenated alkanes) is 1. The number of nitrogens with one attached hydrogen (secondary N) is 2. The Balaban J connectivity index is 1.72. The number of benzene rings is 2. The molecule has 0 aliphatic carbocycles. The van der Waals surface area contributed by atoms with Gasteiger partial charge in [-0.15, -0.1) is 5.10 Å². The van der Waals surface area contributed by atoms with Crippen molar-refractivity contribution in [2.45, 2.75) is 37.9 Å². The van der Waals surface area contributed by atoms with E-state index in [1.54, 1.807) is 31.4 Å². The van der Waals surface area contributed by atoms with Crippen molar-refractivity contribution in [3.63, 3.8) is 0 Å². The van der Waals surface area contributed by atoms with Crippen molar-refractivity contribution in [3.05, 3.63) is 60.2 Å². The topological polar surface area (TPSA) is 92.2 Å². The van der Waals surface area contributed by atoms with Gasteiger partial charge in [-0.25, -0.2) is 0 Å². The minimum absolute atomic E-state index is 0.0801. The SMILES string of the molecule is CCCC/C(=N\N=C1/NC(=O)C[C@H](C(=O)Nc2ccc(OC)cc2)S1)c1ccccc1. The van der Waals surface area contributed by atoms with Crippen molar-refractivity contribution in [1.29, 1.82) is 0 Å². The van der Waals surface area contributed by atoms with Gasteiger partial charge in [0.25, 0.3) is 0 Å². The summed E-state index contributed by atoms with van der Waals surface area (Å²) in [7, 11) is 1.58. The largest absolute Gasteiger partial charge is 0.497 e. The van der Waals surface area contributed by atoms with Crippen molar-refractivity contribution in [1.82, 2.24) is 5.32 Å². The molecule has 162 valence electrons. The highest BCUT2D eigenvalue weighted by Crippen LogP contribution is 2.23. The van der Waals surface area contributed by atoms with E-state index >= 15 is 0 Å². The van der Waals surface area contributed by atoms with E-state index in [2.05, 4.69) is 27.8 Å². The zero-order valence-electron chi connectivity index (χ0n) is 17.6. The van der Waals surface area contributed by atoms with E-state index < -0.39 is 5.25 Å². The minimum atomic E-state index is -0.583. The molecule has 0 aromatic heterocycles. The number of hydrogen-bond donors (Lipinski definition) is 2. The predicted molar refractivity (Wildman–Crippen MR) is 126 cm³/mol. The summed E-state index contributed by atoms with van der Waals surface area (Å²) in [5.41, 5.74) is 2.50. The summed E-state index contributed by atoms with van der Waals surface area (Å²) in [6, 6.07) is 16.9. The molecule has 31 heavy (non-hydrogen) atoms. The Morgan fingerprint density at radius 2 is 1.94 bits per heavy atom.